The Kier molecular flexibility index (Phi) is 5.78. The minimum absolute atomic E-state index is 0.189. The Morgan fingerprint density at radius 1 is 1.12 bits per heavy atom. The van der Waals surface area contributed by atoms with Gasteiger partial charge >= 0.3 is 0 Å². The lowest BCUT2D eigenvalue weighted by Gasteiger charge is -2.21. The molecule has 0 saturated heterocycles. The second-order valence-electron chi connectivity index (χ2n) is 6.60. The number of para-hydroxylation sites is 1. The molecule has 1 aliphatic heterocycles. The number of ether oxygens (including phenoxy) is 2. The molecule has 0 fully saturated rings. The van der Waals surface area contributed by atoms with E-state index in [0.29, 0.717) is 13.0 Å². The molecule has 1 aliphatic rings. The molecule has 138 valence electrons. The van der Waals surface area contributed by atoms with Gasteiger partial charge in [0, 0.05) is 31.7 Å². The van der Waals surface area contributed by atoms with Crippen LogP contribution in [0.5, 0.6) is 11.5 Å². The van der Waals surface area contributed by atoms with Gasteiger partial charge < -0.3 is 19.3 Å². The molecular weight excluding hydrogens is 328 g/mol. The van der Waals surface area contributed by atoms with Gasteiger partial charge in [0.1, 0.15) is 0 Å². The molecule has 5 nitrogen and oxygen atoms in total. The third-order valence-corrected chi connectivity index (χ3v) is 4.80. The monoisotopic (exact) mass is 354 g/mol. The highest BCUT2D eigenvalue weighted by atomic mass is 16.5. The van der Waals surface area contributed by atoms with Crippen LogP contribution >= 0.6 is 0 Å². The molecule has 0 spiro atoms. The van der Waals surface area contributed by atoms with Gasteiger partial charge in [-0.15, -0.1) is 0 Å². The first kappa shape index (κ1) is 18.3. The lowest BCUT2D eigenvalue weighted by Crippen LogP contribution is -2.32. The Morgan fingerprint density at radius 3 is 2.65 bits per heavy atom. The molecule has 1 heterocycles. The molecule has 3 rings (SSSR count). The molecule has 0 aliphatic carbocycles. The number of hydrogen-bond acceptors (Lipinski definition) is 4. The highest BCUT2D eigenvalue weighted by Crippen LogP contribution is 2.29. The highest BCUT2D eigenvalue weighted by Gasteiger charge is 2.23. The molecule has 0 radical (unpaired) electrons. The number of carbonyl (C=O) groups excluding carboxylic acids is 1. The quantitative estimate of drug-likeness (QED) is 0.766. The van der Waals surface area contributed by atoms with Crippen LogP contribution in [-0.2, 0) is 17.8 Å². The summed E-state index contributed by atoms with van der Waals surface area (Å²) in [5, 5.41) is 0. The maximum Gasteiger partial charge on any atom is 0.228 e. The minimum Gasteiger partial charge on any atom is -0.493 e. The maximum atomic E-state index is 12.6. The smallest absolute Gasteiger partial charge is 0.228 e. The predicted molar refractivity (Wildman–Crippen MR) is 103 cm³/mol. The second-order valence-corrected chi connectivity index (χ2v) is 6.60. The Bertz CT molecular complexity index is 776. The fourth-order valence-corrected chi connectivity index (χ4v) is 3.39. The van der Waals surface area contributed by atoms with Gasteiger partial charge in [-0.2, -0.15) is 0 Å². The number of fused-ring (bicyclic) bond motifs is 1. The number of carbonyl (C=O) groups is 1. The summed E-state index contributed by atoms with van der Waals surface area (Å²) in [6.45, 7) is 2.26. The Labute approximate surface area is 155 Å². The SMILES string of the molecule is COc1ccc(CN(C)CCC(=O)N2CCc3ccccc32)cc1OC. The molecular formula is C21H26N2O3. The number of benzene rings is 2. The Hall–Kier alpha value is -2.53. The molecule has 5 heteroatoms. The normalized spacial score (nSPS) is 13.0. The summed E-state index contributed by atoms with van der Waals surface area (Å²) in [6.07, 6.45) is 1.46. The first-order chi connectivity index (χ1) is 12.6. The minimum atomic E-state index is 0.189. The standard InChI is InChI=1S/C21H26N2O3/c1-22(15-16-8-9-19(25-2)20(14-16)26-3)12-11-21(24)23-13-10-17-6-4-5-7-18(17)23/h4-9,14H,10-13,15H2,1-3H3. The largest absolute Gasteiger partial charge is 0.493 e. The van der Waals surface area contributed by atoms with Crippen molar-refractivity contribution in [2.45, 2.75) is 19.4 Å². The van der Waals surface area contributed by atoms with Crippen LogP contribution in [0.25, 0.3) is 0 Å². The number of anilines is 1. The summed E-state index contributed by atoms with van der Waals surface area (Å²) >= 11 is 0. The van der Waals surface area contributed by atoms with E-state index in [1.165, 1.54) is 5.56 Å². The zero-order valence-corrected chi connectivity index (χ0v) is 15.7. The van der Waals surface area contributed by atoms with Crippen molar-refractivity contribution in [1.29, 1.82) is 0 Å². The molecule has 2 aromatic carbocycles. The summed E-state index contributed by atoms with van der Waals surface area (Å²) in [6, 6.07) is 14.1. The summed E-state index contributed by atoms with van der Waals surface area (Å²) < 4.78 is 10.6. The molecule has 0 N–H and O–H groups in total. The predicted octanol–water partition coefficient (Wildman–Crippen LogP) is 3.12. The van der Waals surface area contributed by atoms with Gasteiger partial charge in [-0.1, -0.05) is 24.3 Å². The van der Waals surface area contributed by atoms with Crippen molar-refractivity contribution in [2.75, 3.05) is 39.3 Å². The van der Waals surface area contributed by atoms with E-state index in [9.17, 15) is 4.79 Å². The van der Waals surface area contributed by atoms with Gasteiger partial charge in [0.05, 0.1) is 14.2 Å². The summed E-state index contributed by atoms with van der Waals surface area (Å²) in [5.41, 5.74) is 3.46. The Morgan fingerprint density at radius 2 is 1.88 bits per heavy atom. The van der Waals surface area contributed by atoms with Crippen LogP contribution in [0, 0.1) is 0 Å². The first-order valence-electron chi connectivity index (χ1n) is 8.90. The van der Waals surface area contributed by atoms with Crippen LogP contribution in [0.4, 0.5) is 5.69 Å². The third-order valence-electron chi connectivity index (χ3n) is 4.80. The van der Waals surface area contributed by atoms with Crippen molar-refractivity contribution in [2.24, 2.45) is 0 Å². The maximum absolute atomic E-state index is 12.6. The van der Waals surface area contributed by atoms with Crippen LogP contribution in [-0.4, -0.2) is 45.2 Å². The third kappa shape index (κ3) is 3.99. The van der Waals surface area contributed by atoms with E-state index in [1.54, 1.807) is 14.2 Å². The average Bonchev–Trinajstić information content (AvgIpc) is 3.10. The van der Waals surface area contributed by atoms with Crippen molar-refractivity contribution in [1.82, 2.24) is 4.90 Å². The average molecular weight is 354 g/mol. The van der Waals surface area contributed by atoms with Gasteiger partial charge in [-0.3, -0.25) is 4.79 Å². The molecule has 0 unspecified atom stereocenters. The highest BCUT2D eigenvalue weighted by molar-refractivity contribution is 5.95. The van der Waals surface area contributed by atoms with E-state index in [2.05, 4.69) is 11.0 Å². The molecule has 0 aromatic heterocycles. The molecule has 2 aromatic rings. The summed E-state index contributed by atoms with van der Waals surface area (Å²) in [5.74, 6) is 1.64. The van der Waals surface area contributed by atoms with Gasteiger partial charge in [0.2, 0.25) is 5.91 Å². The molecule has 0 atom stereocenters. The van der Waals surface area contributed by atoms with Crippen LogP contribution in [0.3, 0.4) is 0 Å². The van der Waals surface area contributed by atoms with Crippen molar-refractivity contribution >= 4 is 11.6 Å². The van der Waals surface area contributed by atoms with Crippen LogP contribution in [0.2, 0.25) is 0 Å². The molecule has 26 heavy (non-hydrogen) atoms. The van der Waals surface area contributed by atoms with Crippen molar-refractivity contribution in [3.05, 3.63) is 53.6 Å². The van der Waals surface area contributed by atoms with Gasteiger partial charge in [0.15, 0.2) is 11.5 Å². The van der Waals surface area contributed by atoms with E-state index < -0.39 is 0 Å². The molecule has 0 bridgehead atoms. The Balaban J connectivity index is 1.54. The van der Waals surface area contributed by atoms with Crippen LogP contribution in [0.1, 0.15) is 17.5 Å². The van der Waals surface area contributed by atoms with E-state index in [1.807, 2.05) is 48.3 Å². The van der Waals surface area contributed by atoms with Crippen molar-refractivity contribution in [3.8, 4) is 11.5 Å². The fourth-order valence-electron chi connectivity index (χ4n) is 3.39. The lowest BCUT2D eigenvalue weighted by molar-refractivity contribution is -0.118. The summed E-state index contributed by atoms with van der Waals surface area (Å²) in [7, 11) is 5.30. The number of nitrogens with zero attached hydrogens (tertiary/aromatic N) is 2. The van der Waals surface area contributed by atoms with Crippen LogP contribution in [0.15, 0.2) is 42.5 Å². The molecule has 0 saturated carbocycles. The number of methoxy groups -OCH3 is 2. The van der Waals surface area contributed by atoms with Crippen LogP contribution < -0.4 is 14.4 Å². The van der Waals surface area contributed by atoms with E-state index in [4.69, 9.17) is 9.47 Å². The molecule has 1 amide bonds. The summed E-state index contributed by atoms with van der Waals surface area (Å²) in [4.78, 5) is 16.7. The van der Waals surface area contributed by atoms with Gasteiger partial charge in [-0.05, 0) is 42.8 Å². The van der Waals surface area contributed by atoms with E-state index in [-0.39, 0.29) is 5.91 Å². The first-order valence-corrected chi connectivity index (χ1v) is 8.90. The van der Waals surface area contributed by atoms with Crippen molar-refractivity contribution in [3.63, 3.8) is 0 Å². The topological polar surface area (TPSA) is 42.0 Å². The van der Waals surface area contributed by atoms with E-state index >= 15 is 0 Å². The number of amides is 1. The van der Waals surface area contributed by atoms with Gasteiger partial charge in [0.25, 0.3) is 0 Å². The van der Waals surface area contributed by atoms with E-state index in [0.717, 1.165) is 42.3 Å². The van der Waals surface area contributed by atoms with Gasteiger partial charge in [-0.25, -0.2) is 0 Å². The fraction of sp³-hybridized carbons (Fsp3) is 0.381. The second kappa shape index (κ2) is 8.23. The lowest BCUT2D eigenvalue weighted by atomic mass is 10.2. The zero-order valence-electron chi connectivity index (χ0n) is 15.7. The van der Waals surface area contributed by atoms with Crippen molar-refractivity contribution < 1.29 is 14.3 Å². The number of hydrogen-bond donors (Lipinski definition) is 0. The number of rotatable bonds is 7. The zero-order chi connectivity index (χ0) is 18.5.